The average molecular weight is 393 g/mol. The van der Waals surface area contributed by atoms with Gasteiger partial charge in [-0.05, 0) is 52.0 Å². The topological polar surface area (TPSA) is 74.7 Å². The molecule has 1 aliphatic carbocycles. The van der Waals surface area contributed by atoms with Gasteiger partial charge in [-0.25, -0.2) is 4.98 Å². The molecule has 3 aromatic heterocycles. The highest BCUT2D eigenvalue weighted by molar-refractivity contribution is 5.97. The summed E-state index contributed by atoms with van der Waals surface area (Å²) in [6.07, 6.45) is 11.3. The number of nitrogens with zero attached hydrogens (tertiary/aromatic N) is 5. The van der Waals surface area contributed by atoms with Crippen LogP contribution in [0.1, 0.15) is 53.8 Å². The van der Waals surface area contributed by atoms with Gasteiger partial charge in [0.05, 0.1) is 12.7 Å². The molecular weight excluding hydrogens is 366 g/mol. The molecule has 4 rings (SSSR count). The lowest BCUT2D eigenvalue weighted by Gasteiger charge is -2.15. The predicted molar refractivity (Wildman–Crippen MR) is 112 cm³/mol. The van der Waals surface area contributed by atoms with Crippen molar-refractivity contribution in [3.8, 4) is 0 Å². The highest BCUT2D eigenvalue weighted by atomic mass is 16.1. The van der Waals surface area contributed by atoms with Crippen molar-refractivity contribution in [2.75, 3.05) is 0 Å². The number of Topliss-reactive ketones (excluding diaryl/α,β-unsaturated/α-hetero) is 1. The van der Waals surface area contributed by atoms with E-state index in [0.29, 0.717) is 16.6 Å². The van der Waals surface area contributed by atoms with E-state index in [4.69, 9.17) is 0 Å². The molecule has 0 saturated carbocycles. The number of carbonyl (C=O) groups excluding carboxylic acids is 1. The van der Waals surface area contributed by atoms with Crippen LogP contribution >= 0.6 is 0 Å². The number of aromatic nitrogens is 5. The lowest BCUT2D eigenvalue weighted by atomic mass is 9.97. The lowest BCUT2D eigenvalue weighted by Crippen LogP contribution is -2.24. The van der Waals surface area contributed by atoms with Gasteiger partial charge in [0, 0.05) is 30.5 Å². The summed E-state index contributed by atoms with van der Waals surface area (Å²) >= 11 is 0. The summed E-state index contributed by atoms with van der Waals surface area (Å²) in [6.45, 7) is 4.89. The second-order valence-electron chi connectivity index (χ2n) is 7.90. The van der Waals surface area contributed by atoms with Crippen LogP contribution in [0.2, 0.25) is 0 Å². The molecule has 0 fully saturated rings. The van der Waals surface area contributed by atoms with Crippen molar-refractivity contribution in [3.63, 3.8) is 0 Å². The number of fused-ring (bicyclic) bond motifs is 1. The first-order valence-corrected chi connectivity index (χ1v) is 10.2. The van der Waals surface area contributed by atoms with Gasteiger partial charge in [0.25, 0.3) is 5.56 Å². The number of hydrogen-bond donors (Lipinski definition) is 0. The van der Waals surface area contributed by atoms with E-state index in [1.54, 1.807) is 11.7 Å². The van der Waals surface area contributed by atoms with Gasteiger partial charge in [-0.15, -0.1) is 0 Å². The second-order valence-corrected chi connectivity index (χ2v) is 7.90. The summed E-state index contributed by atoms with van der Waals surface area (Å²) < 4.78 is 5.14. The zero-order valence-electron chi connectivity index (χ0n) is 17.3. The Bertz CT molecular complexity index is 1160. The molecule has 0 aromatic carbocycles. The van der Waals surface area contributed by atoms with Gasteiger partial charge in [-0.1, -0.05) is 11.6 Å². The van der Waals surface area contributed by atoms with Gasteiger partial charge in [0.1, 0.15) is 11.7 Å². The lowest BCUT2D eigenvalue weighted by molar-refractivity contribution is 0.0970. The minimum atomic E-state index is -0.241. The molecule has 0 aliphatic heterocycles. The van der Waals surface area contributed by atoms with Crippen LogP contribution in [-0.4, -0.2) is 29.7 Å². The minimum Gasteiger partial charge on any atom is -0.348 e. The molecule has 3 heterocycles. The smallest absolute Gasteiger partial charge is 0.264 e. The Balaban J connectivity index is 1.54. The van der Waals surface area contributed by atoms with Crippen LogP contribution in [0, 0.1) is 13.8 Å². The molecule has 0 N–H and O–H groups in total. The van der Waals surface area contributed by atoms with Gasteiger partial charge in [-0.3, -0.25) is 18.8 Å². The average Bonchev–Trinajstić information content (AvgIpc) is 3.23. The van der Waals surface area contributed by atoms with Gasteiger partial charge in [-0.2, -0.15) is 5.10 Å². The molecule has 0 radical (unpaired) electrons. The van der Waals surface area contributed by atoms with Crippen LogP contribution in [-0.2, 0) is 20.1 Å². The van der Waals surface area contributed by atoms with E-state index in [2.05, 4.69) is 20.7 Å². The Kier molecular flexibility index (Phi) is 5.22. The van der Waals surface area contributed by atoms with E-state index in [9.17, 15) is 9.59 Å². The standard InChI is InChI=1S/C22H27N5O2/c1-15-11-18(16(2)27(15)10-9-17-7-5-4-6-8-17)20(28)13-26-14-23-21-19(22(26)29)12-24-25(21)3/h7,11-12,14H,4-6,8-10,13H2,1-3H3. The Morgan fingerprint density at radius 1 is 1.24 bits per heavy atom. The number of allylic oxidation sites excluding steroid dienone is 2. The zero-order valence-corrected chi connectivity index (χ0v) is 17.3. The van der Waals surface area contributed by atoms with Crippen molar-refractivity contribution in [1.82, 2.24) is 23.9 Å². The maximum absolute atomic E-state index is 13.0. The third-order valence-corrected chi connectivity index (χ3v) is 5.95. The molecule has 0 atom stereocenters. The molecule has 7 heteroatoms. The molecule has 3 aromatic rings. The van der Waals surface area contributed by atoms with Gasteiger partial charge in [0.15, 0.2) is 11.4 Å². The van der Waals surface area contributed by atoms with Crippen LogP contribution in [0.25, 0.3) is 11.0 Å². The number of ketones is 1. The van der Waals surface area contributed by atoms with E-state index >= 15 is 0 Å². The molecule has 1 aliphatic rings. The van der Waals surface area contributed by atoms with Crippen LogP contribution in [0.15, 0.2) is 35.0 Å². The fourth-order valence-corrected chi connectivity index (χ4v) is 4.23. The van der Waals surface area contributed by atoms with Crippen molar-refractivity contribution in [1.29, 1.82) is 0 Å². The molecule has 0 amide bonds. The van der Waals surface area contributed by atoms with Gasteiger partial charge in [0.2, 0.25) is 0 Å². The first-order chi connectivity index (χ1) is 14.0. The second kappa shape index (κ2) is 7.81. The Labute approximate surface area is 169 Å². The third kappa shape index (κ3) is 3.69. The summed E-state index contributed by atoms with van der Waals surface area (Å²) in [4.78, 5) is 29.9. The van der Waals surface area contributed by atoms with Crippen molar-refractivity contribution in [2.24, 2.45) is 7.05 Å². The van der Waals surface area contributed by atoms with E-state index in [0.717, 1.165) is 24.4 Å². The molecule has 0 unspecified atom stereocenters. The van der Waals surface area contributed by atoms with Crippen molar-refractivity contribution in [2.45, 2.75) is 59.0 Å². The Morgan fingerprint density at radius 3 is 2.83 bits per heavy atom. The molecular formula is C22H27N5O2. The quantitative estimate of drug-likeness (QED) is 0.476. The first kappa shape index (κ1) is 19.4. The minimum absolute atomic E-state index is 0.0217. The van der Waals surface area contributed by atoms with Crippen LogP contribution in [0.4, 0.5) is 0 Å². The molecule has 0 spiro atoms. The Morgan fingerprint density at radius 2 is 2.07 bits per heavy atom. The summed E-state index contributed by atoms with van der Waals surface area (Å²) in [5, 5.41) is 4.50. The first-order valence-electron chi connectivity index (χ1n) is 10.2. The van der Waals surface area contributed by atoms with Crippen LogP contribution in [0.3, 0.4) is 0 Å². The maximum Gasteiger partial charge on any atom is 0.264 e. The number of aryl methyl sites for hydroxylation is 2. The largest absolute Gasteiger partial charge is 0.348 e. The predicted octanol–water partition coefficient (Wildman–Crippen LogP) is 3.32. The molecule has 0 saturated heterocycles. The summed E-state index contributed by atoms with van der Waals surface area (Å²) in [6, 6.07) is 1.94. The fraction of sp³-hybridized carbons (Fsp3) is 0.455. The number of carbonyl (C=O) groups is 1. The summed E-state index contributed by atoms with van der Waals surface area (Å²) in [7, 11) is 1.74. The van der Waals surface area contributed by atoms with E-state index in [1.165, 1.54) is 48.3 Å². The molecule has 152 valence electrons. The highest BCUT2D eigenvalue weighted by Gasteiger charge is 2.18. The molecule has 0 bridgehead atoms. The maximum atomic E-state index is 13.0. The summed E-state index contributed by atoms with van der Waals surface area (Å²) in [5.41, 5.74) is 4.53. The Hall–Kier alpha value is -2.96. The summed E-state index contributed by atoms with van der Waals surface area (Å²) in [5.74, 6) is -0.0756. The van der Waals surface area contributed by atoms with Crippen molar-refractivity contribution >= 4 is 16.8 Å². The van der Waals surface area contributed by atoms with E-state index in [-0.39, 0.29) is 17.9 Å². The highest BCUT2D eigenvalue weighted by Crippen LogP contribution is 2.23. The molecule has 29 heavy (non-hydrogen) atoms. The van der Waals surface area contributed by atoms with Crippen LogP contribution in [0.5, 0.6) is 0 Å². The number of rotatable bonds is 6. The third-order valence-electron chi connectivity index (χ3n) is 5.95. The van der Waals surface area contributed by atoms with Crippen LogP contribution < -0.4 is 5.56 Å². The van der Waals surface area contributed by atoms with Crippen molar-refractivity contribution in [3.05, 3.63) is 57.5 Å². The molecule has 7 nitrogen and oxygen atoms in total. The fourth-order valence-electron chi connectivity index (χ4n) is 4.23. The number of hydrogen-bond acceptors (Lipinski definition) is 4. The monoisotopic (exact) mass is 393 g/mol. The zero-order chi connectivity index (χ0) is 20.5. The normalized spacial score (nSPS) is 14.4. The van der Waals surface area contributed by atoms with Crippen molar-refractivity contribution < 1.29 is 4.79 Å². The van der Waals surface area contributed by atoms with Gasteiger partial charge >= 0.3 is 0 Å². The SMILES string of the molecule is Cc1cc(C(=O)Cn2cnc3c(cnn3C)c2=O)c(C)n1CCC1=CCCCC1. The van der Waals surface area contributed by atoms with E-state index < -0.39 is 0 Å². The van der Waals surface area contributed by atoms with Gasteiger partial charge < -0.3 is 4.57 Å². The van der Waals surface area contributed by atoms with E-state index in [1.807, 2.05) is 19.9 Å².